The van der Waals surface area contributed by atoms with Gasteiger partial charge >= 0.3 is 0 Å². The summed E-state index contributed by atoms with van der Waals surface area (Å²) in [5.74, 6) is -0.587. The molecule has 3 N–H and O–H groups in total. The molecule has 1 aromatic heterocycles. The molecule has 2 rings (SSSR count). The molecule has 1 heterocycles. The maximum absolute atomic E-state index is 12.0. The summed E-state index contributed by atoms with van der Waals surface area (Å²) >= 11 is 0. The van der Waals surface area contributed by atoms with Crippen LogP contribution in [0.25, 0.3) is 0 Å². The topological polar surface area (TPSA) is 91.1 Å². The van der Waals surface area contributed by atoms with E-state index < -0.39 is 0 Å². The molecular formula is C16H15N3O3. The van der Waals surface area contributed by atoms with E-state index in [1.165, 1.54) is 12.1 Å². The highest BCUT2D eigenvalue weighted by Crippen LogP contribution is 2.09. The van der Waals surface area contributed by atoms with E-state index in [-0.39, 0.29) is 23.9 Å². The maximum Gasteiger partial charge on any atom is 0.251 e. The molecule has 6 nitrogen and oxygen atoms in total. The minimum absolute atomic E-state index is 0.214. The first-order chi connectivity index (χ1) is 10.6. The van der Waals surface area contributed by atoms with E-state index in [2.05, 4.69) is 22.2 Å². The van der Waals surface area contributed by atoms with Gasteiger partial charge in [0.05, 0.1) is 6.54 Å². The molecule has 0 radical (unpaired) electrons. The molecule has 0 aliphatic carbocycles. The summed E-state index contributed by atoms with van der Waals surface area (Å²) in [5.41, 5.74) is 1.44. The monoisotopic (exact) mass is 297 g/mol. The van der Waals surface area contributed by atoms with Gasteiger partial charge in [0.1, 0.15) is 0 Å². The van der Waals surface area contributed by atoms with Gasteiger partial charge < -0.3 is 15.6 Å². The molecule has 0 aliphatic rings. The van der Waals surface area contributed by atoms with Crippen molar-refractivity contribution in [3.63, 3.8) is 0 Å². The molecule has 0 fully saturated rings. The summed E-state index contributed by atoms with van der Waals surface area (Å²) in [7, 11) is 0. The number of carbonyl (C=O) groups is 2. The van der Waals surface area contributed by atoms with E-state index in [4.69, 9.17) is 0 Å². The van der Waals surface area contributed by atoms with E-state index in [0.29, 0.717) is 16.9 Å². The van der Waals surface area contributed by atoms with Crippen LogP contribution < -0.4 is 16.2 Å². The number of H-pyrrole nitrogens is 1. The normalized spacial score (nSPS) is 9.82. The average Bonchev–Trinajstić information content (AvgIpc) is 2.53. The van der Waals surface area contributed by atoms with Crippen LogP contribution >= 0.6 is 0 Å². The Kier molecular flexibility index (Phi) is 4.87. The molecule has 1 aromatic carbocycles. The first kappa shape index (κ1) is 15.2. The zero-order valence-electron chi connectivity index (χ0n) is 11.8. The lowest BCUT2D eigenvalue weighted by Crippen LogP contribution is -2.24. The summed E-state index contributed by atoms with van der Waals surface area (Å²) < 4.78 is 0. The Bertz CT molecular complexity index is 748. The minimum atomic E-state index is -0.315. The van der Waals surface area contributed by atoms with E-state index in [9.17, 15) is 14.4 Å². The Balaban J connectivity index is 1.96. The third kappa shape index (κ3) is 4.17. The van der Waals surface area contributed by atoms with Gasteiger partial charge in [0.15, 0.2) is 0 Å². The molecular weight excluding hydrogens is 282 g/mol. The predicted octanol–water partition coefficient (Wildman–Crippen LogP) is 1.43. The van der Waals surface area contributed by atoms with E-state index in [0.717, 1.165) is 0 Å². The van der Waals surface area contributed by atoms with Crippen molar-refractivity contribution in [2.45, 2.75) is 6.54 Å². The smallest absolute Gasteiger partial charge is 0.251 e. The van der Waals surface area contributed by atoms with Crippen molar-refractivity contribution in [1.29, 1.82) is 0 Å². The zero-order valence-corrected chi connectivity index (χ0v) is 11.8. The van der Waals surface area contributed by atoms with Crippen LogP contribution in [0.4, 0.5) is 5.69 Å². The Labute approximate surface area is 126 Å². The second-order valence-corrected chi connectivity index (χ2v) is 4.49. The number of hydrogen-bond donors (Lipinski definition) is 3. The molecule has 112 valence electrons. The molecule has 0 spiro atoms. The van der Waals surface area contributed by atoms with Gasteiger partial charge in [-0.25, -0.2) is 0 Å². The molecule has 0 unspecified atom stereocenters. The molecule has 6 heteroatoms. The van der Waals surface area contributed by atoms with Crippen LogP contribution in [0.3, 0.4) is 0 Å². The molecule has 22 heavy (non-hydrogen) atoms. The van der Waals surface area contributed by atoms with E-state index in [1.807, 2.05) is 0 Å². The lowest BCUT2D eigenvalue weighted by Gasteiger charge is -2.06. The van der Waals surface area contributed by atoms with Gasteiger partial charge in [0.25, 0.3) is 5.91 Å². The van der Waals surface area contributed by atoms with E-state index in [1.54, 1.807) is 36.4 Å². The highest BCUT2D eigenvalue weighted by Gasteiger charge is 2.06. The number of carbonyl (C=O) groups excluding carboxylic acids is 2. The number of anilines is 1. The summed E-state index contributed by atoms with van der Waals surface area (Å²) in [6.45, 7) is 3.59. The zero-order chi connectivity index (χ0) is 15.9. The van der Waals surface area contributed by atoms with Crippen LogP contribution in [0.1, 0.15) is 16.1 Å². The van der Waals surface area contributed by atoms with Crippen molar-refractivity contribution in [3.05, 3.63) is 76.7 Å². The van der Waals surface area contributed by atoms with Crippen LogP contribution in [0.2, 0.25) is 0 Å². The van der Waals surface area contributed by atoms with Gasteiger partial charge in [0.2, 0.25) is 11.5 Å². The van der Waals surface area contributed by atoms with Gasteiger partial charge in [-0.1, -0.05) is 12.6 Å². The largest absolute Gasteiger partial charge is 0.346 e. The van der Waals surface area contributed by atoms with Gasteiger partial charge in [0, 0.05) is 23.0 Å². The molecule has 0 saturated heterocycles. The van der Waals surface area contributed by atoms with E-state index >= 15 is 0 Å². The third-order valence-corrected chi connectivity index (χ3v) is 2.87. The van der Waals surface area contributed by atoms with Crippen molar-refractivity contribution >= 4 is 17.5 Å². The first-order valence-electron chi connectivity index (χ1n) is 6.58. The standard InChI is InChI=1S/C16H15N3O3/c1-2-14(20)18-12-8-6-11(7-9-12)16(22)17-10-13-4-3-5-15(21)19-13/h2-9H,1,10H2,(H,17,22)(H,18,20)(H,19,21). The van der Waals surface area contributed by atoms with Crippen molar-refractivity contribution in [3.8, 4) is 0 Å². The number of aromatic nitrogens is 1. The van der Waals surface area contributed by atoms with Crippen LogP contribution in [0, 0.1) is 0 Å². The van der Waals surface area contributed by atoms with Crippen molar-refractivity contribution < 1.29 is 9.59 Å². The number of aromatic amines is 1. The van der Waals surface area contributed by atoms with Gasteiger partial charge in [-0.05, 0) is 36.4 Å². The summed E-state index contributed by atoms with van der Waals surface area (Å²) in [6, 6.07) is 11.2. The van der Waals surface area contributed by atoms with Gasteiger partial charge in [-0.15, -0.1) is 0 Å². The number of benzene rings is 1. The molecule has 0 atom stereocenters. The van der Waals surface area contributed by atoms with Crippen molar-refractivity contribution in [2.24, 2.45) is 0 Å². The number of hydrogen-bond acceptors (Lipinski definition) is 3. The van der Waals surface area contributed by atoms with Crippen LogP contribution in [0.15, 0.2) is 59.9 Å². The van der Waals surface area contributed by atoms with Crippen molar-refractivity contribution in [1.82, 2.24) is 10.3 Å². The Morgan fingerprint density at radius 2 is 1.86 bits per heavy atom. The molecule has 0 bridgehead atoms. The summed E-state index contributed by atoms with van der Waals surface area (Å²) in [4.78, 5) is 36.9. The lowest BCUT2D eigenvalue weighted by atomic mass is 10.2. The number of pyridine rings is 1. The van der Waals surface area contributed by atoms with Crippen LogP contribution in [0.5, 0.6) is 0 Å². The quantitative estimate of drug-likeness (QED) is 0.729. The first-order valence-corrected chi connectivity index (χ1v) is 6.58. The Hall–Kier alpha value is -3.15. The Morgan fingerprint density at radius 3 is 2.50 bits per heavy atom. The lowest BCUT2D eigenvalue weighted by molar-refractivity contribution is -0.111. The van der Waals surface area contributed by atoms with Gasteiger partial charge in [-0.3, -0.25) is 14.4 Å². The SMILES string of the molecule is C=CC(=O)Nc1ccc(C(=O)NCc2cccc(=O)[nH]2)cc1. The Morgan fingerprint density at radius 1 is 1.14 bits per heavy atom. The highest BCUT2D eigenvalue weighted by molar-refractivity contribution is 5.99. The fourth-order valence-corrected chi connectivity index (χ4v) is 1.77. The third-order valence-electron chi connectivity index (χ3n) is 2.87. The number of rotatable bonds is 5. The maximum atomic E-state index is 12.0. The fraction of sp³-hybridized carbons (Fsp3) is 0.0625. The van der Waals surface area contributed by atoms with Gasteiger partial charge in [-0.2, -0.15) is 0 Å². The molecule has 0 aliphatic heterocycles. The number of amides is 2. The predicted molar refractivity (Wildman–Crippen MR) is 83.5 cm³/mol. The molecule has 0 saturated carbocycles. The van der Waals surface area contributed by atoms with Crippen LogP contribution in [-0.4, -0.2) is 16.8 Å². The summed E-state index contributed by atoms with van der Waals surface area (Å²) in [5, 5.41) is 5.29. The minimum Gasteiger partial charge on any atom is -0.346 e. The molecule has 2 amide bonds. The second kappa shape index (κ2) is 7.03. The number of nitrogens with one attached hydrogen (secondary N) is 3. The van der Waals surface area contributed by atoms with Crippen molar-refractivity contribution in [2.75, 3.05) is 5.32 Å². The fourth-order valence-electron chi connectivity index (χ4n) is 1.77. The molecule has 2 aromatic rings. The highest BCUT2D eigenvalue weighted by atomic mass is 16.2. The average molecular weight is 297 g/mol. The van der Waals surface area contributed by atoms with Crippen LogP contribution in [-0.2, 0) is 11.3 Å². The summed E-state index contributed by atoms with van der Waals surface area (Å²) in [6.07, 6.45) is 1.17. The second-order valence-electron chi connectivity index (χ2n) is 4.49.